The molecule has 0 fully saturated rings. The van der Waals surface area contributed by atoms with Crippen LogP contribution < -0.4 is 0 Å². The SMILES string of the molecule is CC(C)c1ccc2c(-c3cc([CH2][Ge]([CH3])([CH3])[CH3])c4ccccc4c3)nccc2c1. The van der Waals surface area contributed by atoms with E-state index in [0.717, 1.165) is 5.69 Å². The van der Waals surface area contributed by atoms with E-state index >= 15 is 0 Å². The summed E-state index contributed by atoms with van der Waals surface area (Å²) in [5, 5.41) is 6.47. The van der Waals surface area contributed by atoms with E-state index in [-0.39, 0.29) is 0 Å². The van der Waals surface area contributed by atoms with Gasteiger partial charge in [-0.15, -0.1) is 0 Å². The van der Waals surface area contributed by atoms with Gasteiger partial charge in [0, 0.05) is 0 Å². The van der Waals surface area contributed by atoms with Crippen LogP contribution in [0.15, 0.2) is 66.9 Å². The molecule has 1 heterocycles. The molecule has 142 valence electrons. The van der Waals surface area contributed by atoms with Crippen LogP contribution in [-0.4, -0.2) is 18.3 Å². The molecule has 0 spiro atoms. The first-order valence-corrected chi connectivity index (χ1v) is 18.0. The average Bonchev–Trinajstić information content (AvgIpc) is 2.65. The minimum atomic E-state index is -1.75. The monoisotopic (exact) mass is 429 g/mol. The Hall–Kier alpha value is -2.13. The molecule has 0 saturated heterocycles. The third kappa shape index (κ3) is 3.86. The van der Waals surface area contributed by atoms with Gasteiger partial charge in [0.1, 0.15) is 0 Å². The summed E-state index contributed by atoms with van der Waals surface area (Å²) in [6, 6.07) is 22.5. The van der Waals surface area contributed by atoms with Gasteiger partial charge in [-0.2, -0.15) is 0 Å². The van der Waals surface area contributed by atoms with Crippen molar-refractivity contribution >= 4 is 34.8 Å². The van der Waals surface area contributed by atoms with Crippen LogP contribution in [0.25, 0.3) is 32.8 Å². The molecule has 1 nitrogen and oxygen atoms in total. The van der Waals surface area contributed by atoms with Crippen molar-refractivity contribution in [3.63, 3.8) is 0 Å². The Kier molecular flexibility index (Phi) is 5.05. The van der Waals surface area contributed by atoms with Crippen molar-refractivity contribution in [3.05, 3.63) is 78.0 Å². The van der Waals surface area contributed by atoms with Crippen molar-refractivity contribution < 1.29 is 0 Å². The Morgan fingerprint density at radius 2 is 1.57 bits per heavy atom. The van der Waals surface area contributed by atoms with Gasteiger partial charge in [0.15, 0.2) is 0 Å². The predicted octanol–water partition coefficient (Wildman–Crippen LogP) is 7.60. The van der Waals surface area contributed by atoms with Gasteiger partial charge in [0.05, 0.1) is 0 Å². The molecule has 0 N–H and O–H groups in total. The van der Waals surface area contributed by atoms with Crippen LogP contribution >= 0.6 is 0 Å². The fraction of sp³-hybridized carbons (Fsp3) is 0.269. The zero-order chi connectivity index (χ0) is 19.9. The Balaban J connectivity index is 1.94. The molecule has 28 heavy (non-hydrogen) atoms. The molecule has 0 aliphatic heterocycles. The molecule has 1 aromatic heterocycles. The Morgan fingerprint density at radius 1 is 0.821 bits per heavy atom. The second-order valence-corrected chi connectivity index (χ2v) is 20.9. The average molecular weight is 428 g/mol. The van der Waals surface area contributed by atoms with E-state index in [1.807, 2.05) is 6.20 Å². The van der Waals surface area contributed by atoms with Crippen LogP contribution in [-0.2, 0) is 5.25 Å². The quantitative estimate of drug-likeness (QED) is 0.305. The zero-order valence-electron chi connectivity index (χ0n) is 17.6. The van der Waals surface area contributed by atoms with Crippen molar-refractivity contribution in [1.29, 1.82) is 0 Å². The van der Waals surface area contributed by atoms with Crippen molar-refractivity contribution in [2.45, 2.75) is 42.3 Å². The molecular weight excluding hydrogens is 399 g/mol. The third-order valence-electron chi connectivity index (χ3n) is 5.40. The van der Waals surface area contributed by atoms with Gasteiger partial charge in [-0.05, 0) is 0 Å². The molecule has 0 aliphatic rings. The van der Waals surface area contributed by atoms with Crippen molar-refractivity contribution in [3.8, 4) is 11.3 Å². The van der Waals surface area contributed by atoms with Crippen molar-refractivity contribution in [2.75, 3.05) is 0 Å². The molecule has 0 bridgehead atoms. The normalized spacial score (nSPS) is 12.2. The summed E-state index contributed by atoms with van der Waals surface area (Å²) in [5.74, 6) is 8.01. The summed E-state index contributed by atoms with van der Waals surface area (Å²) in [5.41, 5.74) is 5.20. The maximum absolute atomic E-state index is 4.81. The summed E-state index contributed by atoms with van der Waals surface area (Å²) in [6.45, 7) is 4.49. The third-order valence-corrected chi connectivity index (χ3v) is 8.42. The first-order valence-electron chi connectivity index (χ1n) is 10.2. The second-order valence-electron chi connectivity index (χ2n) is 9.39. The molecule has 0 atom stereocenters. The van der Waals surface area contributed by atoms with Crippen LogP contribution in [0.2, 0.25) is 17.3 Å². The first kappa shape index (κ1) is 19.2. The number of nitrogens with zero attached hydrogens (tertiary/aromatic N) is 1. The van der Waals surface area contributed by atoms with E-state index in [0.29, 0.717) is 5.92 Å². The van der Waals surface area contributed by atoms with Crippen LogP contribution in [0.4, 0.5) is 0 Å². The molecule has 0 aliphatic carbocycles. The predicted molar refractivity (Wildman–Crippen MR) is 126 cm³/mol. The number of rotatable bonds is 4. The molecule has 0 radical (unpaired) electrons. The van der Waals surface area contributed by atoms with Gasteiger partial charge >= 0.3 is 171 Å². The van der Waals surface area contributed by atoms with Crippen LogP contribution in [0, 0.1) is 0 Å². The van der Waals surface area contributed by atoms with E-state index in [1.54, 1.807) is 0 Å². The van der Waals surface area contributed by atoms with E-state index in [1.165, 1.54) is 43.5 Å². The van der Waals surface area contributed by atoms with Crippen molar-refractivity contribution in [2.24, 2.45) is 0 Å². The molecule has 3 aromatic carbocycles. The molecule has 0 unspecified atom stereocenters. The molecule has 2 heteroatoms. The topological polar surface area (TPSA) is 12.9 Å². The number of aromatic nitrogens is 1. The molecule has 4 aromatic rings. The van der Waals surface area contributed by atoms with Gasteiger partial charge in [-0.3, -0.25) is 0 Å². The van der Waals surface area contributed by atoms with Gasteiger partial charge in [0.2, 0.25) is 0 Å². The fourth-order valence-electron chi connectivity index (χ4n) is 4.03. The van der Waals surface area contributed by atoms with Gasteiger partial charge in [-0.25, -0.2) is 0 Å². The maximum atomic E-state index is 4.81. The molecular formula is C26H29GeN. The molecule has 4 rings (SSSR count). The summed E-state index contributed by atoms with van der Waals surface area (Å²) in [4.78, 5) is 4.81. The fourth-order valence-corrected chi connectivity index (χ4v) is 7.04. The van der Waals surface area contributed by atoms with Gasteiger partial charge < -0.3 is 0 Å². The van der Waals surface area contributed by atoms with Crippen LogP contribution in [0.3, 0.4) is 0 Å². The Labute approximate surface area is 171 Å². The van der Waals surface area contributed by atoms with Crippen LogP contribution in [0.1, 0.15) is 30.9 Å². The van der Waals surface area contributed by atoms with E-state index in [4.69, 9.17) is 4.98 Å². The number of hydrogen-bond acceptors (Lipinski definition) is 1. The molecule has 0 saturated carbocycles. The summed E-state index contributed by atoms with van der Waals surface area (Å²) in [6.07, 6.45) is 1.96. The van der Waals surface area contributed by atoms with E-state index in [2.05, 4.69) is 91.8 Å². The molecule has 0 amide bonds. The van der Waals surface area contributed by atoms with Gasteiger partial charge in [0.25, 0.3) is 0 Å². The number of hydrogen-bond donors (Lipinski definition) is 0. The minimum absolute atomic E-state index is 0.534. The van der Waals surface area contributed by atoms with Crippen LogP contribution in [0.5, 0.6) is 0 Å². The number of benzene rings is 3. The Morgan fingerprint density at radius 3 is 2.32 bits per heavy atom. The van der Waals surface area contributed by atoms with E-state index in [9.17, 15) is 0 Å². The van der Waals surface area contributed by atoms with Crippen molar-refractivity contribution in [1.82, 2.24) is 4.98 Å². The first-order chi connectivity index (χ1) is 13.3. The van der Waals surface area contributed by atoms with Gasteiger partial charge in [-0.1, -0.05) is 0 Å². The summed E-state index contributed by atoms with van der Waals surface area (Å²) in [7, 11) is 0. The summed E-state index contributed by atoms with van der Waals surface area (Å²) >= 11 is -1.75. The Bertz CT molecular complexity index is 1150. The second kappa shape index (κ2) is 7.36. The summed E-state index contributed by atoms with van der Waals surface area (Å²) < 4.78 is 0. The van der Waals surface area contributed by atoms with E-state index < -0.39 is 13.3 Å². The standard InChI is InChI=1S/C26H29GeN/c1-18(2)19-10-11-25-21(14-19)12-13-28-26(25)22-15-20-8-6-7-9-24(20)23(16-22)17-27(3,4)5/h6-16,18H,17H2,1-5H3. The number of fused-ring (bicyclic) bond motifs is 2. The zero-order valence-corrected chi connectivity index (χ0v) is 19.7. The number of pyridine rings is 1.